The minimum atomic E-state index is -2.92. The molecule has 0 radical (unpaired) electrons. The van der Waals surface area contributed by atoms with E-state index in [1.54, 1.807) is 0 Å². The van der Waals surface area contributed by atoms with Gasteiger partial charge in [0.25, 0.3) is 0 Å². The fraction of sp³-hybridized carbons (Fsp3) is 0.933. The van der Waals surface area contributed by atoms with Gasteiger partial charge in [0.1, 0.15) is 9.84 Å². The third-order valence-electron chi connectivity index (χ3n) is 3.66. The molecule has 1 rings (SSSR count). The Labute approximate surface area is 163 Å². The van der Waals surface area contributed by atoms with E-state index in [4.69, 9.17) is 4.74 Å². The normalized spacial score (nSPS) is 17.9. The molecule has 0 spiro atoms. The first-order chi connectivity index (χ1) is 10.9. The molecule has 1 fully saturated rings. The van der Waals surface area contributed by atoms with Crippen LogP contribution in [0.15, 0.2) is 4.99 Å². The molecule has 7 nitrogen and oxygen atoms in total. The van der Waals surface area contributed by atoms with E-state index in [9.17, 15) is 8.42 Å². The zero-order chi connectivity index (χ0) is 17.1. The molecule has 1 atom stereocenters. The third kappa shape index (κ3) is 12.3. The number of aliphatic imine (C=N–C) groups is 1. The van der Waals surface area contributed by atoms with Gasteiger partial charge in [0.05, 0.1) is 19.0 Å². The highest BCUT2D eigenvalue weighted by atomic mass is 127. The molecule has 0 bridgehead atoms. The minimum Gasteiger partial charge on any atom is -0.379 e. The minimum absolute atomic E-state index is 0. The fourth-order valence-corrected chi connectivity index (χ4v) is 3.11. The highest BCUT2D eigenvalue weighted by Gasteiger charge is 2.10. The number of hydrogen-bond donors (Lipinski definition) is 2. The molecule has 1 aliphatic rings. The monoisotopic (exact) mass is 476 g/mol. The van der Waals surface area contributed by atoms with Gasteiger partial charge in [-0.1, -0.05) is 0 Å². The second-order valence-corrected chi connectivity index (χ2v) is 8.29. The lowest BCUT2D eigenvalue weighted by atomic mass is 10.3. The van der Waals surface area contributed by atoms with Gasteiger partial charge in [0, 0.05) is 45.0 Å². The molecule has 144 valence electrons. The number of sulfone groups is 1. The van der Waals surface area contributed by atoms with Crippen molar-refractivity contribution in [3.8, 4) is 0 Å². The maximum Gasteiger partial charge on any atom is 0.191 e. The third-order valence-corrected chi connectivity index (χ3v) is 4.63. The second kappa shape index (κ2) is 13.1. The summed E-state index contributed by atoms with van der Waals surface area (Å²) in [5.41, 5.74) is 0. The van der Waals surface area contributed by atoms with E-state index in [1.807, 2.05) is 13.8 Å². The average molecular weight is 476 g/mol. The van der Waals surface area contributed by atoms with Crippen LogP contribution in [0.25, 0.3) is 0 Å². The topological polar surface area (TPSA) is 83.0 Å². The zero-order valence-electron chi connectivity index (χ0n) is 15.1. The van der Waals surface area contributed by atoms with Crippen LogP contribution < -0.4 is 10.6 Å². The van der Waals surface area contributed by atoms with Gasteiger partial charge in [-0.25, -0.2) is 8.42 Å². The van der Waals surface area contributed by atoms with Crippen LogP contribution in [-0.4, -0.2) is 83.3 Å². The van der Waals surface area contributed by atoms with Crippen molar-refractivity contribution in [2.45, 2.75) is 32.7 Å². The number of halogens is 1. The average Bonchev–Trinajstić information content (AvgIpc) is 2.50. The Hall–Kier alpha value is -0.130. The van der Waals surface area contributed by atoms with Crippen LogP contribution in [-0.2, 0) is 14.6 Å². The molecule has 0 aliphatic carbocycles. The van der Waals surface area contributed by atoms with E-state index in [2.05, 4.69) is 20.5 Å². The molecule has 0 aromatic rings. The van der Waals surface area contributed by atoms with Crippen LogP contribution in [0.2, 0.25) is 0 Å². The highest BCUT2D eigenvalue weighted by molar-refractivity contribution is 14.0. The molecule has 0 aromatic heterocycles. The van der Waals surface area contributed by atoms with Crippen LogP contribution >= 0.6 is 24.0 Å². The first-order valence-corrected chi connectivity index (χ1v) is 10.5. The first kappa shape index (κ1) is 23.9. The van der Waals surface area contributed by atoms with E-state index in [0.717, 1.165) is 58.3 Å². The van der Waals surface area contributed by atoms with Gasteiger partial charge in [-0.3, -0.25) is 9.89 Å². The summed E-state index contributed by atoms with van der Waals surface area (Å²) in [6.07, 6.45) is 2.86. The number of nitrogens with zero attached hydrogens (tertiary/aromatic N) is 2. The summed E-state index contributed by atoms with van der Waals surface area (Å²) in [6, 6.07) is 0.0711. The quantitative estimate of drug-likeness (QED) is 0.221. The Balaban J connectivity index is 0.00000529. The summed E-state index contributed by atoms with van der Waals surface area (Å²) in [5, 5.41) is 6.47. The summed E-state index contributed by atoms with van der Waals surface area (Å²) in [6.45, 7) is 10.2. The van der Waals surface area contributed by atoms with Crippen molar-refractivity contribution in [1.29, 1.82) is 0 Å². The number of morpholine rings is 1. The van der Waals surface area contributed by atoms with Crippen molar-refractivity contribution in [2.75, 3.05) is 57.9 Å². The second-order valence-electron chi connectivity index (χ2n) is 6.03. The molecular weight excluding hydrogens is 443 g/mol. The molecule has 1 unspecified atom stereocenters. The maximum atomic E-state index is 11.2. The van der Waals surface area contributed by atoms with Gasteiger partial charge < -0.3 is 15.4 Å². The van der Waals surface area contributed by atoms with Gasteiger partial charge in [-0.15, -0.1) is 24.0 Å². The Morgan fingerprint density at radius 3 is 2.58 bits per heavy atom. The zero-order valence-corrected chi connectivity index (χ0v) is 18.2. The SMILES string of the molecule is CCNC(=NCCCN1CCOCC1)NC(C)CCS(C)(=O)=O.I. The molecule has 0 saturated carbocycles. The molecule has 2 N–H and O–H groups in total. The number of rotatable bonds is 9. The van der Waals surface area contributed by atoms with Crippen molar-refractivity contribution in [1.82, 2.24) is 15.5 Å². The summed E-state index contributed by atoms with van der Waals surface area (Å²) < 4.78 is 27.8. The standard InChI is InChI=1S/C15H32N4O3S.HI/c1-4-16-15(18-14(2)6-13-23(3,20)21)17-7-5-8-19-9-11-22-12-10-19;/h14H,4-13H2,1-3H3,(H2,16,17,18);1H. The molecule has 1 saturated heterocycles. The Morgan fingerprint density at radius 2 is 2.00 bits per heavy atom. The predicted octanol–water partition coefficient (Wildman–Crippen LogP) is 0.705. The molecule has 24 heavy (non-hydrogen) atoms. The Bertz CT molecular complexity index is 454. The van der Waals surface area contributed by atoms with E-state index in [0.29, 0.717) is 6.42 Å². The van der Waals surface area contributed by atoms with Crippen LogP contribution in [0, 0.1) is 0 Å². The molecule has 9 heteroatoms. The van der Waals surface area contributed by atoms with Crippen LogP contribution in [0.4, 0.5) is 0 Å². The van der Waals surface area contributed by atoms with Gasteiger partial charge >= 0.3 is 0 Å². The highest BCUT2D eigenvalue weighted by Crippen LogP contribution is 1.99. The Morgan fingerprint density at radius 1 is 1.33 bits per heavy atom. The van der Waals surface area contributed by atoms with E-state index in [-0.39, 0.29) is 35.8 Å². The number of ether oxygens (including phenoxy) is 1. The summed E-state index contributed by atoms with van der Waals surface area (Å²) in [4.78, 5) is 6.97. The Kier molecular flexibility index (Phi) is 13.1. The molecule has 0 amide bonds. The van der Waals surface area contributed by atoms with Crippen LogP contribution in [0.5, 0.6) is 0 Å². The van der Waals surface area contributed by atoms with E-state index < -0.39 is 9.84 Å². The van der Waals surface area contributed by atoms with Crippen LogP contribution in [0.1, 0.15) is 26.7 Å². The lowest BCUT2D eigenvalue weighted by molar-refractivity contribution is 0.0377. The number of nitrogens with one attached hydrogen (secondary N) is 2. The molecule has 0 aromatic carbocycles. The molecule has 1 heterocycles. The van der Waals surface area contributed by atoms with Crippen molar-refractivity contribution in [3.63, 3.8) is 0 Å². The molecule has 1 aliphatic heterocycles. The maximum absolute atomic E-state index is 11.2. The van der Waals surface area contributed by atoms with Crippen molar-refractivity contribution < 1.29 is 13.2 Å². The lowest BCUT2D eigenvalue weighted by Gasteiger charge is -2.26. The predicted molar refractivity (Wildman–Crippen MR) is 110 cm³/mol. The van der Waals surface area contributed by atoms with Gasteiger partial charge in [0.15, 0.2) is 5.96 Å². The largest absolute Gasteiger partial charge is 0.379 e. The summed E-state index contributed by atoms with van der Waals surface area (Å²) in [7, 11) is -2.92. The molecular formula is C15H33IN4O3S. The van der Waals surface area contributed by atoms with Gasteiger partial charge in [-0.05, 0) is 26.7 Å². The number of guanidine groups is 1. The van der Waals surface area contributed by atoms with E-state index >= 15 is 0 Å². The van der Waals surface area contributed by atoms with Gasteiger partial charge in [-0.2, -0.15) is 0 Å². The number of hydrogen-bond acceptors (Lipinski definition) is 5. The van der Waals surface area contributed by atoms with E-state index in [1.165, 1.54) is 6.26 Å². The van der Waals surface area contributed by atoms with Crippen molar-refractivity contribution in [3.05, 3.63) is 0 Å². The van der Waals surface area contributed by atoms with Gasteiger partial charge in [0.2, 0.25) is 0 Å². The first-order valence-electron chi connectivity index (χ1n) is 8.43. The lowest BCUT2D eigenvalue weighted by Crippen LogP contribution is -2.43. The fourth-order valence-electron chi connectivity index (χ4n) is 2.33. The summed E-state index contributed by atoms with van der Waals surface area (Å²) in [5.74, 6) is 0.952. The van der Waals surface area contributed by atoms with Crippen molar-refractivity contribution in [2.24, 2.45) is 4.99 Å². The van der Waals surface area contributed by atoms with Crippen molar-refractivity contribution >= 4 is 39.8 Å². The summed E-state index contributed by atoms with van der Waals surface area (Å²) >= 11 is 0. The van der Waals surface area contributed by atoms with Crippen LogP contribution in [0.3, 0.4) is 0 Å². The smallest absolute Gasteiger partial charge is 0.191 e.